The van der Waals surface area contributed by atoms with Gasteiger partial charge in [-0.1, -0.05) is 0 Å². The second-order valence-corrected chi connectivity index (χ2v) is 5.72. The molecule has 1 aromatic carbocycles. The Morgan fingerprint density at radius 3 is 2.24 bits per heavy atom. The van der Waals surface area contributed by atoms with Gasteiger partial charge in [0.1, 0.15) is 0 Å². The number of carbonyl (C=O) groups is 1. The Bertz CT molecular complexity index is 475. The second-order valence-electron chi connectivity index (χ2n) is 5.72. The second kappa shape index (κ2) is 6.45. The molecule has 1 aromatic rings. The van der Waals surface area contributed by atoms with Gasteiger partial charge in [0.05, 0.1) is 18.8 Å². The molecule has 5 nitrogen and oxygen atoms in total. The van der Waals surface area contributed by atoms with Crippen LogP contribution in [0, 0.1) is 0 Å². The van der Waals surface area contributed by atoms with Crippen molar-refractivity contribution in [2.45, 2.75) is 18.9 Å². The number of hydrogen-bond donors (Lipinski definition) is 1. The molecule has 2 fully saturated rings. The van der Waals surface area contributed by atoms with E-state index < -0.39 is 5.97 Å². The molecule has 0 saturated carbocycles. The maximum Gasteiger partial charge on any atom is 0.335 e. The predicted molar refractivity (Wildman–Crippen MR) is 81.0 cm³/mol. The predicted octanol–water partition coefficient (Wildman–Crippen LogP) is 1.69. The van der Waals surface area contributed by atoms with Crippen molar-refractivity contribution < 1.29 is 14.6 Å². The summed E-state index contributed by atoms with van der Waals surface area (Å²) in [5.74, 6) is -0.868. The Hall–Kier alpha value is -1.59. The topological polar surface area (TPSA) is 53.0 Å². The summed E-state index contributed by atoms with van der Waals surface area (Å²) in [6.45, 7) is 5.90. The van der Waals surface area contributed by atoms with E-state index in [4.69, 9.17) is 9.84 Å². The first kappa shape index (κ1) is 14.4. The summed E-state index contributed by atoms with van der Waals surface area (Å²) in [6, 6.07) is 7.87. The van der Waals surface area contributed by atoms with E-state index in [0.29, 0.717) is 11.6 Å². The van der Waals surface area contributed by atoms with E-state index in [0.717, 1.165) is 45.1 Å². The zero-order valence-corrected chi connectivity index (χ0v) is 12.2. The quantitative estimate of drug-likeness (QED) is 0.918. The molecule has 0 aliphatic carbocycles. The maximum atomic E-state index is 10.9. The van der Waals surface area contributed by atoms with Crippen molar-refractivity contribution in [3.05, 3.63) is 29.8 Å². The highest BCUT2D eigenvalue weighted by atomic mass is 16.5. The van der Waals surface area contributed by atoms with E-state index in [1.54, 1.807) is 12.1 Å². The van der Waals surface area contributed by atoms with Gasteiger partial charge >= 0.3 is 5.97 Å². The average molecular weight is 290 g/mol. The zero-order valence-electron chi connectivity index (χ0n) is 12.2. The zero-order chi connectivity index (χ0) is 14.7. The third-order valence-corrected chi connectivity index (χ3v) is 4.51. The van der Waals surface area contributed by atoms with Gasteiger partial charge in [-0.05, 0) is 37.1 Å². The van der Waals surface area contributed by atoms with Gasteiger partial charge < -0.3 is 14.7 Å². The van der Waals surface area contributed by atoms with Crippen molar-refractivity contribution in [1.82, 2.24) is 4.90 Å². The van der Waals surface area contributed by atoms with E-state index in [2.05, 4.69) is 9.80 Å². The van der Waals surface area contributed by atoms with Crippen molar-refractivity contribution in [2.24, 2.45) is 0 Å². The molecule has 21 heavy (non-hydrogen) atoms. The molecule has 0 bridgehead atoms. The highest BCUT2D eigenvalue weighted by Gasteiger charge is 2.25. The Kier molecular flexibility index (Phi) is 4.41. The highest BCUT2D eigenvalue weighted by Crippen LogP contribution is 2.23. The number of ether oxygens (including phenoxy) is 1. The third-order valence-electron chi connectivity index (χ3n) is 4.51. The van der Waals surface area contributed by atoms with Crippen LogP contribution >= 0.6 is 0 Å². The van der Waals surface area contributed by atoms with Gasteiger partial charge in [0.15, 0.2) is 0 Å². The lowest BCUT2D eigenvalue weighted by molar-refractivity contribution is 0.0115. The molecule has 0 amide bonds. The van der Waals surface area contributed by atoms with Crippen LogP contribution in [-0.2, 0) is 4.74 Å². The molecule has 114 valence electrons. The number of nitrogens with zero attached hydrogens (tertiary/aromatic N) is 2. The van der Waals surface area contributed by atoms with E-state index in [1.165, 1.54) is 12.8 Å². The molecule has 0 radical (unpaired) electrons. The van der Waals surface area contributed by atoms with Crippen LogP contribution in [0.15, 0.2) is 24.3 Å². The molecule has 5 heteroatoms. The Balaban J connectivity index is 1.56. The molecule has 2 saturated heterocycles. The van der Waals surface area contributed by atoms with Crippen LogP contribution < -0.4 is 4.90 Å². The van der Waals surface area contributed by atoms with Crippen LogP contribution in [-0.4, -0.2) is 61.4 Å². The van der Waals surface area contributed by atoms with Gasteiger partial charge in [0.25, 0.3) is 0 Å². The van der Waals surface area contributed by atoms with Gasteiger partial charge in [0.2, 0.25) is 0 Å². The molecule has 1 N–H and O–H groups in total. The number of carboxylic acid groups (broad SMARTS) is 1. The summed E-state index contributed by atoms with van der Waals surface area (Å²) in [4.78, 5) is 15.8. The van der Waals surface area contributed by atoms with Crippen molar-refractivity contribution >= 4 is 11.7 Å². The minimum absolute atomic E-state index is 0.349. The van der Waals surface area contributed by atoms with Gasteiger partial charge in [-0.3, -0.25) is 4.90 Å². The normalized spacial score (nSPS) is 21.4. The molecule has 0 atom stereocenters. The first-order valence-corrected chi connectivity index (χ1v) is 7.64. The first-order valence-electron chi connectivity index (χ1n) is 7.64. The number of aromatic carboxylic acids is 1. The van der Waals surface area contributed by atoms with Crippen LogP contribution in [0.4, 0.5) is 5.69 Å². The molecule has 0 spiro atoms. The number of benzene rings is 1. The molecule has 2 heterocycles. The van der Waals surface area contributed by atoms with E-state index in [-0.39, 0.29) is 0 Å². The summed E-state index contributed by atoms with van der Waals surface area (Å²) >= 11 is 0. The van der Waals surface area contributed by atoms with Crippen LogP contribution in [0.2, 0.25) is 0 Å². The smallest absolute Gasteiger partial charge is 0.335 e. The molecular formula is C16H22N2O3. The summed E-state index contributed by atoms with van der Waals surface area (Å²) < 4.78 is 5.41. The maximum absolute atomic E-state index is 10.9. The van der Waals surface area contributed by atoms with E-state index in [1.807, 2.05) is 12.1 Å². The Labute approximate surface area is 125 Å². The molecule has 3 rings (SSSR count). The fourth-order valence-corrected chi connectivity index (χ4v) is 3.25. The molecular weight excluding hydrogens is 268 g/mol. The Morgan fingerprint density at radius 1 is 1.05 bits per heavy atom. The monoisotopic (exact) mass is 290 g/mol. The number of rotatable bonds is 3. The van der Waals surface area contributed by atoms with Crippen molar-refractivity contribution in [3.8, 4) is 0 Å². The van der Waals surface area contributed by atoms with Crippen LogP contribution in [0.1, 0.15) is 23.2 Å². The molecule has 2 aliphatic rings. The largest absolute Gasteiger partial charge is 0.478 e. The average Bonchev–Trinajstić information content (AvgIpc) is 2.56. The van der Waals surface area contributed by atoms with E-state index in [9.17, 15) is 4.79 Å². The lowest BCUT2D eigenvalue weighted by Crippen LogP contribution is -2.49. The fraction of sp³-hybridized carbons (Fsp3) is 0.562. The van der Waals surface area contributed by atoms with Gasteiger partial charge in [-0.25, -0.2) is 4.79 Å². The SMILES string of the molecule is O=C(O)c1ccc(N2CCC(N3CCOCC3)CC2)cc1. The lowest BCUT2D eigenvalue weighted by atomic mass is 10.0. The van der Waals surface area contributed by atoms with Crippen molar-refractivity contribution in [2.75, 3.05) is 44.3 Å². The van der Waals surface area contributed by atoms with Gasteiger partial charge in [-0.15, -0.1) is 0 Å². The first-order chi connectivity index (χ1) is 10.2. The fourth-order valence-electron chi connectivity index (χ4n) is 3.25. The minimum atomic E-state index is -0.868. The number of hydrogen-bond acceptors (Lipinski definition) is 4. The minimum Gasteiger partial charge on any atom is -0.478 e. The van der Waals surface area contributed by atoms with Crippen LogP contribution in [0.5, 0.6) is 0 Å². The Morgan fingerprint density at radius 2 is 1.67 bits per heavy atom. The molecule has 2 aliphatic heterocycles. The van der Waals surface area contributed by atoms with E-state index >= 15 is 0 Å². The summed E-state index contributed by atoms with van der Waals surface area (Å²) in [6.07, 6.45) is 2.33. The number of morpholine rings is 1. The van der Waals surface area contributed by atoms with Gasteiger partial charge in [-0.2, -0.15) is 0 Å². The molecule has 0 aromatic heterocycles. The molecule has 0 unspecified atom stereocenters. The summed E-state index contributed by atoms with van der Waals surface area (Å²) in [7, 11) is 0. The number of piperidine rings is 1. The van der Waals surface area contributed by atoms with Crippen LogP contribution in [0.25, 0.3) is 0 Å². The third kappa shape index (κ3) is 3.36. The number of anilines is 1. The summed E-state index contributed by atoms with van der Waals surface area (Å²) in [5, 5.41) is 8.94. The van der Waals surface area contributed by atoms with Crippen molar-refractivity contribution in [1.29, 1.82) is 0 Å². The summed E-state index contributed by atoms with van der Waals surface area (Å²) in [5.41, 5.74) is 1.47. The van der Waals surface area contributed by atoms with Gasteiger partial charge in [0, 0.05) is 37.9 Å². The highest BCUT2D eigenvalue weighted by molar-refractivity contribution is 5.88. The standard InChI is InChI=1S/C16H22N2O3/c19-16(20)13-1-3-14(4-2-13)17-7-5-15(6-8-17)18-9-11-21-12-10-18/h1-4,15H,5-12H2,(H,19,20). The van der Waals surface area contributed by atoms with Crippen LogP contribution in [0.3, 0.4) is 0 Å². The van der Waals surface area contributed by atoms with Crippen molar-refractivity contribution in [3.63, 3.8) is 0 Å². The lowest BCUT2D eigenvalue weighted by Gasteiger charge is -2.40. The number of carboxylic acids is 1.